The lowest BCUT2D eigenvalue weighted by atomic mass is 10.1. The maximum absolute atomic E-state index is 12.5. The van der Waals surface area contributed by atoms with Gasteiger partial charge in [0.25, 0.3) is 5.91 Å². The van der Waals surface area contributed by atoms with Crippen LogP contribution in [0, 0.1) is 0 Å². The smallest absolute Gasteiger partial charge is 0.410 e. The Balaban J connectivity index is 1.52. The number of nitrogens with zero attached hydrogens (tertiary/aromatic N) is 5. The molecule has 0 aliphatic carbocycles. The van der Waals surface area contributed by atoms with Gasteiger partial charge in [0.2, 0.25) is 0 Å². The molecule has 2 aromatic carbocycles. The third-order valence-electron chi connectivity index (χ3n) is 5.84. The first-order valence-electron chi connectivity index (χ1n) is 11.4. The first-order valence-corrected chi connectivity index (χ1v) is 11.8. The van der Waals surface area contributed by atoms with Gasteiger partial charge in [0, 0.05) is 44.5 Å². The quantitative estimate of drug-likeness (QED) is 0.496. The van der Waals surface area contributed by atoms with Gasteiger partial charge in [-0.05, 0) is 57.2 Å². The molecule has 0 bridgehead atoms. The molecule has 10 heteroatoms. The van der Waals surface area contributed by atoms with Crippen molar-refractivity contribution in [3.63, 3.8) is 0 Å². The topological polar surface area (TPSA) is 80.1 Å². The molecule has 2 heterocycles. The number of anilines is 1. The molecule has 0 atom stereocenters. The summed E-state index contributed by atoms with van der Waals surface area (Å²) in [4.78, 5) is 38.2. The molecule has 1 fully saturated rings. The third-order valence-corrected chi connectivity index (χ3v) is 6.14. The van der Waals surface area contributed by atoms with Gasteiger partial charge in [-0.2, -0.15) is 0 Å². The van der Waals surface area contributed by atoms with E-state index < -0.39 is 5.60 Å². The van der Waals surface area contributed by atoms with Crippen molar-refractivity contribution in [2.45, 2.75) is 26.4 Å². The largest absolute Gasteiger partial charge is 0.444 e. The minimum absolute atomic E-state index is 0.249. The number of amides is 2. The van der Waals surface area contributed by atoms with Crippen LogP contribution in [0.25, 0.3) is 16.7 Å². The van der Waals surface area contributed by atoms with Crippen LogP contribution in [0.3, 0.4) is 0 Å². The van der Waals surface area contributed by atoms with Crippen molar-refractivity contribution >= 4 is 40.3 Å². The number of piperazine rings is 1. The lowest BCUT2D eigenvalue weighted by Gasteiger charge is -2.37. The van der Waals surface area contributed by atoms with Gasteiger partial charge in [-0.1, -0.05) is 11.6 Å². The number of imidazole rings is 1. The fourth-order valence-electron chi connectivity index (χ4n) is 3.97. The molecule has 1 aromatic heterocycles. The summed E-state index contributed by atoms with van der Waals surface area (Å²) >= 11 is 6.70. The van der Waals surface area contributed by atoms with Crippen LogP contribution in [0.1, 0.15) is 31.1 Å². The zero-order chi connectivity index (χ0) is 25.3. The van der Waals surface area contributed by atoms with Gasteiger partial charge in [0.1, 0.15) is 11.9 Å². The highest BCUT2D eigenvalue weighted by molar-refractivity contribution is 6.33. The van der Waals surface area contributed by atoms with Crippen LogP contribution in [-0.4, -0.2) is 77.5 Å². The number of benzene rings is 2. The van der Waals surface area contributed by atoms with Gasteiger partial charge in [-0.15, -0.1) is 0 Å². The van der Waals surface area contributed by atoms with Gasteiger partial charge in [0.05, 0.1) is 28.9 Å². The van der Waals surface area contributed by atoms with E-state index in [-0.39, 0.29) is 12.0 Å². The molecule has 3 aromatic rings. The Morgan fingerprint density at radius 2 is 1.77 bits per heavy atom. The molecule has 0 radical (unpaired) electrons. The minimum atomic E-state index is -0.515. The van der Waals surface area contributed by atoms with Crippen LogP contribution in [0.15, 0.2) is 42.7 Å². The summed E-state index contributed by atoms with van der Waals surface area (Å²) < 4.78 is 7.38. The van der Waals surface area contributed by atoms with Crippen molar-refractivity contribution < 1.29 is 19.2 Å². The highest BCUT2D eigenvalue weighted by Gasteiger charge is 2.26. The van der Waals surface area contributed by atoms with Gasteiger partial charge in [0.15, 0.2) is 0 Å². The summed E-state index contributed by atoms with van der Waals surface area (Å²) in [6, 6.07) is 11.2. The standard InChI is InChI=1S/C25H30ClN5O4/c1-25(2,3)35-24(33)30-12-10-29(11-13-30)21-9-7-18(15-19(21)26)31-16-27-20-8-6-17(14-22(20)31)23(32)28(4)34-5/h6-9,14-16H,10-13H2,1-5H3. The summed E-state index contributed by atoms with van der Waals surface area (Å²) in [7, 11) is 3.01. The Hall–Kier alpha value is -3.30. The molecular weight excluding hydrogens is 470 g/mol. The second-order valence-corrected chi connectivity index (χ2v) is 9.80. The second kappa shape index (κ2) is 9.75. The number of hydrogen-bond donors (Lipinski definition) is 0. The Labute approximate surface area is 209 Å². The molecule has 0 saturated carbocycles. The Morgan fingerprint density at radius 1 is 1.06 bits per heavy atom. The summed E-state index contributed by atoms with van der Waals surface area (Å²) in [6.07, 6.45) is 1.42. The maximum atomic E-state index is 12.5. The van der Waals surface area contributed by atoms with Crippen LogP contribution in [0.5, 0.6) is 0 Å². The summed E-state index contributed by atoms with van der Waals surface area (Å²) in [5.41, 5.74) is 3.27. The molecule has 35 heavy (non-hydrogen) atoms. The average molecular weight is 500 g/mol. The molecule has 4 rings (SSSR count). The number of carbonyl (C=O) groups is 2. The number of hydrogen-bond acceptors (Lipinski definition) is 6. The number of carbonyl (C=O) groups excluding carboxylic acids is 2. The van der Waals surface area contributed by atoms with E-state index in [4.69, 9.17) is 21.2 Å². The zero-order valence-electron chi connectivity index (χ0n) is 20.6. The van der Waals surface area contributed by atoms with E-state index in [0.717, 1.165) is 22.4 Å². The van der Waals surface area contributed by atoms with Crippen LogP contribution in [-0.2, 0) is 9.57 Å². The normalized spacial score (nSPS) is 14.3. The van der Waals surface area contributed by atoms with Crippen LogP contribution >= 0.6 is 11.6 Å². The lowest BCUT2D eigenvalue weighted by molar-refractivity contribution is -0.0756. The van der Waals surface area contributed by atoms with Gasteiger partial charge in [-0.25, -0.2) is 14.8 Å². The van der Waals surface area contributed by atoms with Crippen molar-refractivity contribution in [2.75, 3.05) is 45.2 Å². The first kappa shape index (κ1) is 24.8. The zero-order valence-corrected chi connectivity index (χ0v) is 21.4. The fraction of sp³-hybridized carbons (Fsp3) is 0.400. The number of aromatic nitrogens is 2. The molecule has 0 N–H and O–H groups in total. The van der Waals surface area contributed by atoms with E-state index in [1.165, 1.54) is 12.2 Å². The summed E-state index contributed by atoms with van der Waals surface area (Å²) in [6.45, 7) is 8.03. The third kappa shape index (κ3) is 5.36. The van der Waals surface area contributed by atoms with Crippen LogP contribution < -0.4 is 4.90 Å². The van der Waals surface area contributed by atoms with Gasteiger partial charge < -0.3 is 14.5 Å². The molecule has 2 amide bonds. The monoisotopic (exact) mass is 499 g/mol. The van der Waals surface area contributed by atoms with E-state index in [9.17, 15) is 9.59 Å². The summed E-state index contributed by atoms with van der Waals surface area (Å²) in [5.74, 6) is -0.249. The molecular formula is C25H30ClN5O4. The van der Waals surface area contributed by atoms with Crippen LogP contribution in [0.2, 0.25) is 5.02 Å². The fourth-order valence-corrected chi connectivity index (χ4v) is 4.26. The highest BCUT2D eigenvalue weighted by Crippen LogP contribution is 2.31. The number of rotatable bonds is 4. The Morgan fingerprint density at radius 3 is 2.40 bits per heavy atom. The average Bonchev–Trinajstić information content (AvgIpc) is 3.25. The Bertz CT molecular complexity index is 1240. The molecule has 0 unspecified atom stereocenters. The number of fused-ring (bicyclic) bond motifs is 1. The number of ether oxygens (including phenoxy) is 1. The van der Waals surface area contributed by atoms with E-state index in [0.29, 0.717) is 36.8 Å². The predicted octanol–water partition coefficient (Wildman–Crippen LogP) is 4.37. The van der Waals surface area contributed by atoms with E-state index in [1.807, 2.05) is 49.6 Å². The lowest BCUT2D eigenvalue weighted by Crippen LogP contribution is -2.50. The highest BCUT2D eigenvalue weighted by atomic mass is 35.5. The minimum Gasteiger partial charge on any atom is -0.444 e. The molecule has 186 valence electrons. The van der Waals surface area contributed by atoms with E-state index >= 15 is 0 Å². The SMILES string of the molecule is CON(C)C(=O)c1ccc2ncn(-c3ccc(N4CCN(C(=O)OC(C)(C)C)CC4)c(Cl)c3)c2c1. The van der Waals surface area contributed by atoms with Crippen molar-refractivity contribution in [1.82, 2.24) is 19.5 Å². The van der Waals surface area contributed by atoms with Crippen LogP contribution in [0.4, 0.5) is 10.5 Å². The van der Waals surface area contributed by atoms with Crippen molar-refractivity contribution in [2.24, 2.45) is 0 Å². The summed E-state index contributed by atoms with van der Waals surface area (Å²) in [5, 5.41) is 1.78. The predicted molar refractivity (Wildman–Crippen MR) is 135 cm³/mol. The number of hydroxylamine groups is 2. The van der Waals surface area contributed by atoms with Crippen molar-refractivity contribution in [3.05, 3.63) is 53.3 Å². The van der Waals surface area contributed by atoms with Crippen molar-refractivity contribution in [1.29, 1.82) is 0 Å². The van der Waals surface area contributed by atoms with Gasteiger partial charge >= 0.3 is 6.09 Å². The molecule has 1 aliphatic heterocycles. The van der Waals surface area contributed by atoms with Crippen molar-refractivity contribution in [3.8, 4) is 5.69 Å². The van der Waals surface area contributed by atoms with E-state index in [1.54, 1.807) is 30.4 Å². The van der Waals surface area contributed by atoms with E-state index in [2.05, 4.69) is 9.88 Å². The molecule has 1 aliphatic rings. The molecule has 0 spiro atoms. The second-order valence-electron chi connectivity index (χ2n) is 9.39. The number of halogens is 1. The molecule has 1 saturated heterocycles. The van der Waals surface area contributed by atoms with Gasteiger partial charge in [-0.3, -0.25) is 14.2 Å². The maximum Gasteiger partial charge on any atom is 0.410 e. The molecule has 9 nitrogen and oxygen atoms in total. The first-order chi connectivity index (χ1) is 16.6. The Kier molecular flexibility index (Phi) is 6.91.